The van der Waals surface area contributed by atoms with Crippen LogP contribution in [0, 0.1) is 0 Å². The van der Waals surface area contributed by atoms with E-state index in [4.69, 9.17) is 5.84 Å². The minimum absolute atomic E-state index is 0.287. The van der Waals surface area contributed by atoms with Crippen molar-refractivity contribution in [2.75, 3.05) is 5.84 Å². The first kappa shape index (κ1) is 10.3. The van der Waals surface area contributed by atoms with Crippen LogP contribution < -0.4 is 11.4 Å². The van der Waals surface area contributed by atoms with Gasteiger partial charge in [0.25, 0.3) is 5.56 Å². The highest BCUT2D eigenvalue weighted by molar-refractivity contribution is 5.69. The molecule has 0 saturated heterocycles. The Morgan fingerprint density at radius 3 is 2.71 bits per heavy atom. The summed E-state index contributed by atoms with van der Waals surface area (Å²) in [5.74, 6) is 5.47. The Morgan fingerprint density at radius 1 is 1.18 bits per heavy atom. The predicted octanol–water partition coefficient (Wildman–Crippen LogP) is 0.812. The zero-order valence-corrected chi connectivity index (χ0v) is 9.54. The average Bonchev–Trinajstić information content (AvgIpc) is 2.79. The van der Waals surface area contributed by atoms with Gasteiger partial charge < -0.3 is 10.4 Å². The molecule has 0 spiro atoms. The van der Waals surface area contributed by atoms with Gasteiger partial charge in [-0.1, -0.05) is 19.3 Å². The molecule has 2 heterocycles. The predicted molar refractivity (Wildman–Crippen MR) is 64.1 cm³/mol. The van der Waals surface area contributed by atoms with Gasteiger partial charge in [0, 0.05) is 6.04 Å². The van der Waals surface area contributed by atoms with E-state index in [-0.39, 0.29) is 5.56 Å². The summed E-state index contributed by atoms with van der Waals surface area (Å²) in [5.41, 5.74) is 0.730. The largest absolute Gasteiger partial charge is 0.335 e. The third kappa shape index (κ3) is 1.60. The van der Waals surface area contributed by atoms with Crippen molar-refractivity contribution in [1.82, 2.24) is 19.2 Å². The van der Waals surface area contributed by atoms with Gasteiger partial charge in [0.15, 0.2) is 11.2 Å². The first-order chi connectivity index (χ1) is 8.27. The summed E-state index contributed by atoms with van der Waals surface area (Å²) in [6.07, 6.45) is 9.11. The Labute approximate surface area is 98.1 Å². The highest BCUT2D eigenvalue weighted by atomic mass is 16.1. The zero-order chi connectivity index (χ0) is 11.8. The molecule has 1 aliphatic carbocycles. The molecule has 0 aliphatic heterocycles. The molecular weight excluding hydrogens is 218 g/mol. The van der Waals surface area contributed by atoms with E-state index in [2.05, 4.69) is 9.97 Å². The topological polar surface area (TPSA) is 78.7 Å². The van der Waals surface area contributed by atoms with Gasteiger partial charge in [-0.25, -0.2) is 14.6 Å². The molecule has 1 aliphatic rings. The molecule has 6 nitrogen and oxygen atoms in total. The van der Waals surface area contributed by atoms with E-state index >= 15 is 0 Å². The van der Waals surface area contributed by atoms with Gasteiger partial charge in [-0.15, -0.1) is 0 Å². The van der Waals surface area contributed by atoms with Crippen molar-refractivity contribution in [3.8, 4) is 0 Å². The molecule has 3 rings (SSSR count). The van der Waals surface area contributed by atoms with Gasteiger partial charge in [0.1, 0.15) is 6.33 Å². The molecule has 0 aromatic carbocycles. The molecule has 17 heavy (non-hydrogen) atoms. The fraction of sp³-hybridized carbons (Fsp3) is 0.545. The molecule has 1 fully saturated rings. The minimum Gasteiger partial charge on any atom is -0.335 e. The summed E-state index contributed by atoms with van der Waals surface area (Å²) in [6.45, 7) is 0. The van der Waals surface area contributed by atoms with Crippen molar-refractivity contribution in [2.45, 2.75) is 38.1 Å². The lowest BCUT2D eigenvalue weighted by atomic mass is 9.95. The molecule has 2 aromatic heterocycles. The molecule has 1 saturated carbocycles. The number of nitrogen functional groups attached to an aromatic ring is 1. The summed E-state index contributed by atoms with van der Waals surface area (Å²) >= 11 is 0. The van der Waals surface area contributed by atoms with Gasteiger partial charge in [-0.2, -0.15) is 0 Å². The molecule has 0 radical (unpaired) electrons. The van der Waals surface area contributed by atoms with Crippen molar-refractivity contribution in [1.29, 1.82) is 0 Å². The summed E-state index contributed by atoms with van der Waals surface area (Å²) in [4.78, 5) is 20.1. The summed E-state index contributed by atoms with van der Waals surface area (Å²) in [5, 5.41) is 0. The van der Waals surface area contributed by atoms with E-state index in [1.54, 1.807) is 6.33 Å². The van der Waals surface area contributed by atoms with Crippen LogP contribution in [0.3, 0.4) is 0 Å². The van der Waals surface area contributed by atoms with Gasteiger partial charge in [0.2, 0.25) is 0 Å². The Bertz CT molecular complexity index is 593. The van der Waals surface area contributed by atoms with Crippen molar-refractivity contribution >= 4 is 11.2 Å². The molecule has 0 unspecified atom stereocenters. The third-order valence-corrected chi connectivity index (χ3v) is 3.48. The molecule has 0 amide bonds. The highest BCUT2D eigenvalue weighted by Crippen LogP contribution is 2.29. The number of rotatable bonds is 1. The Morgan fingerprint density at radius 2 is 1.94 bits per heavy atom. The van der Waals surface area contributed by atoms with Crippen LogP contribution in [0.4, 0.5) is 0 Å². The van der Waals surface area contributed by atoms with E-state index in [9.17, 15) is 4.79 Å². The van der Waals surface area contributed by atoms with Crippen molar-refractivity contribution < 1.29 is 0 Å². The van der Waals surface area contributed by atoms with E-state index in [1.165, 1.54) is 25.6 Å². The highest BCUT2D eigenvalue weighted by Gasteiger charge is 2.19. The second kappa shape index (κ2) is 3.87. The molecule has 6 heteroatoms. The van der Waals surface area contributed by atoms with Crippen LogP contribution >= 0.6 is 0 Å². The standard InChI is InChI=1S/C11H15N5O/c12-16-7-14-10-9(11(16)17)13-6-15(10)8-4-2-1-3-5-8/h6-8H,1-5,12H2. The van der Waals surface area contributed by atoms with Crippen LogP contribution in [-0.2, 0) is 0 Å². The van der Waals surface area contributed by atoms with Crippen LogP contribution in [0.15, 0.2) is 17.4 Å². The van der Waals surface area contributed by atoms with Crippen LogP contribution in [0.2, 0.25) is 0 Å². The lowest BCUT2D eigenvalue weighted by Gasteiger charge is -2.22. The minimum atomic E-state index is -0.287. The lowest BCUT2D eigenvalue weighted by molar-refractivity contribution is 0.358. The number of nitrogens with two attached hydrogens (primary N) is 1. The lowest BCUT2D eigenvalue weighted by Crippen LogP contribution is -2.27. The van der Waals surface area contributed by atoms with Crippen LogP contribution in [0.5, 0.6) is 0 Å². The SMILES string of the molecule is Nn1cnc2c(ncn2C2CCCCC2)c1=O. The fourth-order valence-electron chi connectivity index (χ4n) is 2.55. The second-order valence-electron chi connectivity index (χ2n) is 4.57. The quantitative estimate of drug-likeness (QED) is 0.739. The molecule has 90 valence electrons. The van der Waals surface area contributed by atoms with Gasteiger partial charge >= 0.3 is 0 Å². The van der Waals surface area contributed by atoms with E-state index < -0.39 is 0 Å². The maximum absolute atomic E-state index is 11.7. The van der Waals surface area contributed by atoms with E-state index in [0.29, 0.717) is 17.2 Å². The zero-order valence-electron chi connectivity index (χ0n) is 9.54. The Hall–Kier alpha value is -1.85. The molecular formula is C11H15N5O. The van der Waals surface area contributed by atoms with Crippen molar-refractivity contribution in [3.63, 3.8) is 0 Å². The number of nitrogens with zero attached hydrogens (tertiary/aromatic N) is 4. The summed E-state index contributed by atoms with van der Waals surface area (Å²) in [6, 6.07) is 0.425. The number of aromatic nitrogens is 4. The monoisotopic (exact) mass is 233 g/mol. The first-order valence-corrected chi connectivity index (χ1v) is 5.96. The maximum Gasteiger partial charge on any atom is 0.299 e. The van der Waals surface area contributed by atoms with Crippen molar-refractivity contribution in [3.05, 3.63) is 23.0 Å². The van der Waals surface area contributed by atoms with Crippen LogP contribution in [-0.4, -0.2) is 19.2 Å². The average molecular weight is 233 g/mol. The van der Waals surface area contributed by atoms with Gasteiger partial charge in [0.05, 0.1) is 6.33 Å². The normalized spacial score (nSPS) is 17.6. The third-order valence-electron chi connectivity index (χ3n) is 3.48. The molecule has 0 atom stereocenters. The molecule has 2 aromatic rings. The van der Waals surface area contributed by atoms with Crippen molar-refractivity contribution in [2.24, 2.45) is 0 Å². The fourth-order valence-corrected chi connectivity index (χ4v) is 2.55. The number of hydrogen-bond acceptors (Lipinski definition) is 4. The maximum atomic E-state index is 11.7. The number of fused-ring (bicyclic) bond motifs is 1. The second-order valence-corrected chi connectivity index (χ2v) is 4.57. The van der Waals surface area contributed by atoms with Crippen LogP contribution in [0.1, 0.15) is 38.1 Å². The van der Waals surface area contributed by atoms with E-state index in [0.717, 1.165) is 17.5 Å². The number of imidazole rings is 1. The summed E-state index contributed by atoms with van der Waals surface area (Å²) < 4.78 is 3.00. The van der Waals surface area contributed by atoms with E-state index in [1.807, 2.05) is 4.57 Å². The summed E-state index contributed by atoms with van der Waals surface area (Å²) in [7, 11) is 0. The smallest absolute Gasteiger partial charge is 0.299 e. The molecule has 2 N–H and O–H groups in total. The Balaban J connectivity index is 2.12. The first-order valence-electron chi connectivity index (χ1n) is 5.96. The van der Waals surface area contributed by atoms with Gasteiger partial charge in [-0.05, 0) is 12.8 Å². The number of hydrogen-bond donors (Lipinski definition) is 1. The van der Waals surface area contributed by atoms with Gasteiger partial charge in [-0.3, -0.25) is 4.79 Å². The Kier molecular flexibility index (Phi) is 2.35. The molecule has 0 bridgehead atoms. The van der Waals surface area contributed by atoms with Crippen LogP contribution in [0.25, 0.3) is 11.2 Å².